The van der Waals surface area contributed by atoms with Gasteiger partial charge in [0, 0.05) is 5.46 Å². The van der Waals surface area contributed by atoms with Gasteiger partial charge in [0.25, 0.3) is 0 Å². The van der Waals surface area contributed by atoms with E-state index in [0.717, 1.165) is 11.9 Å². The van der Waals surface area contributed by atoms with Gasteiger partial charge in [-0.3, -0.25) is 0 Å². The van der Waals surface area contributed by atoms with E-state index in [0.29, 0.717) is 23.1 Å². The highest BCUT2D eigenvalue weighted by Crippen LogP contribution is 2.65. The highest BCUT2D eigenvalue weighted by atomic mass is 16.7. The Hall–Kier alpha value is -1.53. The van der Waals surface area contributed by atoms with Gasteiger partial charge in [-0.15, -0.1) is 0 Å². The third-order valence-electron chi connectivity index (χ3n) is 7.07. The zero-order valence-electron chi connectivity index (χ0n) is 18.0. The monoisotopic (exact) mass is 386 g/mol. The molecule has 0 spiro atoms. The van der Waals surface area contributed by atoms with E-state index in [4.69, 9.17) is 18.8 Å². The van der Waals surface area contributed by atoms with Crippen molar-refractivity contribution in [3.8, 4) is 5.75 Å². The molecule has 1 saturated heterocycles. The van der Waals surface area contributed by atoms with Crippen molar-refractivity contribution in [1.82, 2.24) is 0 Å². The van der Waals surface area contributed by atoms with Crippen LogP contribution in [-0.2, 0) is 14.0 Å². The number of ether oxygens (including phenoxy) is 2. The maximum Gasteiger partial charge on any atom is 0.498 e. The SMILES string of the molecule is COc1c(B2O[C@@H]3C[C@@H]4C[C@@H](C4(C)C)[C@]3(C)O2)cccc1C(=O)OC(C)(C)C. The first-order chi connectivity index (χ1) is 13.0. The van der Waals surface area contributed by atoms with Gasteiger partial charge in [0.1, 0.15) is 16.9 Å². The van der Waals surface area contributed by atoms with Gasteiger partial charge in [-0.2, -0.15) is 0 Å². The number of carbonyl (C=O) groups is 1. The Labute approximate surface area is 168 Å². The first-order valence-electron chi connectivity index (χ1n) is 10.2. The van der Waals surface area contributed by atoms with Gasteiger partial charge in [0.15, 0.2) is 0 Å². The second-order valence-electron chi connectivity index (χ2n) is 10.2. The molecule has 1 aliphatic heterocycles. The Kier molecular flexibility index (Phi) is 4.40. The molecule has 152 valence electrons. The lowest BCUT2D eigenvalue weighted by atomic mass is 9.43. The van der Waals surface area contributed by atoms with E-state index in [-0.39, 0.29) is 17.1 Å². The molecule has 3 saturated carbocycles. The van der Waals surface area contributed by atoms with E-state index in [2.05, 4.69) is 20.8 Å². The molecule has 2 bridgehead atoms. The summed E-state index contributed by atoms with van der Waals surface area (Å²) in [4.78, 5) is 12.7. The average molecular weight is 386 g/mol. The first-order valence-corrected chi connectivity index (χ1v) is 10.2. The number of hydrogen-bond donors (Lipinski definition) is 0. The predicted octanol–water partition coefficient (Wildman–Crippen LogP) is 3.59. The maximum absolute atomic E-state index is 12.7. The molecule has 1 heterocycles. The molecule has 5 rings (SSSR count). The minimum Gasteiger partial charge on any atom is -0.496 e. The van der Waals surface area contributed by atoms with Crippen molar-refractivity contribution >= 4 is 18.6 Å². The summed E-state index contributed by atoms with van der Waals surface area (Å²) in [6, 6.07) is 5.46. The summed E-state index contributed by atoms with van der Waals surface area (Å²) in [6.07, 6.45) is 2.29. The number of benzene rings is 1. The van der Waals surface area contributed by atoms with Crippen LogP contribution in [0, 0.1) is 17.3 Å². The topological polar surface area (TPSA) is 54.0 Å². The van der Waals surface area contributed by atoms with Crippen molar-refractivity contribution in [1.29, 1.82) is 0 Å². The molecule has 4 aliphatic rings. The molecule has 4 atom stereocenters. The fourth-order valence-electron chi connectivity index (χ4n) is 5.46. The summed E-state index contributed by atoms with van der Waals surface area (Å²) in [5.74, 6) is 1.23. The minimum absolute atomic E-state index is 0.0733. The maximum atomic E-state index is 12.7. The highest BCUT2D eigenvalue weighted by Gasteiger charge is 2.68. The van der Waals surface area contributed by atoms with Crippen LogP contribution in [0.4, 0.5) is 0 Å². The molecule has 1 aromatic carbocycles. The van der Waals surface area contributed by atoms with Crippen LogP contribution in [0.3, 0.4) is 0 Å². The lowest BCUT2D eigenvalue weighted by molar-refractivity contribution is -0.199. The zero-order valence-corrected chi connectivity index (χ0v) is 18.0. The second-order valence-corrected chi connectivity index (χ2v) is 10.2. The second kappa shape index (κ2) is 6.23. The number of esters is 1. The van der Waals surface area contributed by atoms with Gasteiger partial charge >= 0.3 is 13.1 Å². The fourth-order valence-corrected chi connectivity index (χ4v) is 5.46. The summed E-state index contributed by atoms with van der Waals surface area (Å²) in [5.41, 5.74) is 0.540. The lowest BCUT2D eigenvalue weighted by Gasteiger charge is -2.64. The van der Waals surface area contributed by atoms with E-state index in [1.54, 1.807) is 13.2 Å². The molecule has 0 N–H and O–H groups in total. The summed E-state index contributed by atoms with van der Waals surface area (Å²) >= 11 is 0. The Morgan fingerprint density at radius 1 is 1.21 bits per heavy atom. The van der Waals surface area contributed by atoms with Crippen LogP contribution in [0.2, 0.25) is 0 Å². The summed E-state index contributed by atoms with van der Waals surface area (Å²) < 4.78 is 24.1. The molecule has 3 aliphatic carbocycles. The number of rotatable bonds is 3. The average Bonchev–Trinajstić information content (AvgIpc) is 2.96. The number of carbonyl (C=O) groups excluding carboxylic acids is 1. The number of hydrogen-bond acceptors (Lipinski definition) is 5. The Morgan fingerprint density at radius 3 is 2.54 bits per heavy atom. The standard InChI is InChI=1S/C22H31BO5/c1-20(2,3)26-19(24)14-9-8-10-15(18(14)25-7)23-27-17-12-13-11-16(21(13,4)5)22(17,6)28-23/h8-10,13,16-17H,11-12H2,1-7H3/t13-,16-,17+,22-/m0/s1. The van der Waals surface area contributed by atoms with E-state index >= 15 is 0 Å². The van der Waals surface area contributed by atoms with Crippen molar-refractivity contribution in [3.63, 3.8) is 0 Å². The van der Waals surface area contributed by atoms with Gasteiger partial charge in [-0.05, 0) is 63.9 Å². The van der Waals surface area contributed by atoms with E-state index in [1.807, 2.05) is 32.9 Å². The molecule has 0 amide bonds. The predicted molar refractivity (Wildman–Crippen MR) is 108 cm³/mol. The molecule has 0 unspecified atom stereocenters. The quantitative estimate of drug-likeness (QED) is 0.587. The first kappa shape index (κ1) is 19.8. The van der Waals surface area contributed by atoms with Crippen molar-refractivity contribution in [2.45, 2.75) is 71.7 Å². The minimum atomic E-state index is -0.576. The van der Waals surface area contributed by atoms with Gasteiger partial charge in [-0.25, -0.2) is 4.79 Å². The van der Waals surface area contributed by atoms with Crippen molar-refractivity contribution in [2.24, 2.45) is 17.3 Å². The van der Waals surface area contributed by atoms with Crippen LogP contribution in [0.1, 0.15) is 64.7 Å². The van der Waals surface area contributed by atoms with Crippen LogP contribution in [0.15, 0.2) is 18.2 Å². The molecule has 0 aromatic heterocycles. The molecular weight excluding hydrogens is 355 g/mol. The fraction of sp³-hybridized carbons (Fsp3) is 0.682. The largest absolute Gasteiger partial charge is 0.498 e. The van der Waals surface area contributed by atoms with Gasteiger partial charge in [0.05, 0.1) is 18.8 Å². The molecule has 6 heteroatoms. The summed E-state index contributed by atoms with van der Waals surface area (Å²) in [7, 11) is 1.03. The Balaban J connectivity index is 1.64. The van der Waals surface area contributed by atoms with Crippen LogP contribution in [-0.4, -0.2) is 37.5 Å². The van der Waals surface area contributed by atoms with Crippen LogP contribution < -0.4 is 10.2 Å². The Bertz CT molecular complexity index is 799. The highest BCUT2D eigenvalue weighted by molar-refractivity contribution is 6.63. The number of methoxy groups -OCH3 is 1. The molecule has 5 nitrogen and oxygen atoms in total. The van der Waals surface area contributed by atoms with E-state index < -0.39 is 18.7 Å². The molecular formula is C22H31BO5. The molecule has 0 radical (unpaired) electrons. The van der Waals surface area contributed by atoms with E-state index in [1.165, 1.54) is 6.42 Å². The van der Waals surface area contributed by atoms with Crippen LogP contribution >= 0.6 is 0 Å². The van der Waals surface area contributed by atoms with Gasteiger partial charge in [-0.1, -0.05) is 26.0 Å². The number of para-hydroxylation sites is 1. The smallest absolute Gasteiger partial charge is 0.496 e. The van der Waals surface area contributed by atoms with Crippen LogP contribution in [0.25, 0.3) is 0 Å². The van der Waals surface area contributed by atoms with Crippen LogP contribution in [0.5, 0.6) is 5.75 Å². The van der Waals surface area contributed by atoms with Crippen molar-refractivity contribution in [2.75, 3.05) is 7.11 Å². The zero-order chi connectivity index (χ0) is 20.5. The summed E-state index contributed by atoms with van der Waals surface area (Å²) in [6.45, 7) is 12.4. The van der Waals surface area contributed by atoms with Gasteiger partial charge in [0.2, 0.25) is 0 Å². The third kappa shape index (κ3) is 2.88. The molecule has 28 heavy (non-hydrogen) atoms. The molecule has 1 aromatic rings. The summed E-state index contributed by atoms with van der Waals surface area (Å²) in [5, 5.41) is 0. The lowest BCUT2D eigenvalue weighted by Crippen LogP contribution is -2.65. The van der Waals surface area contributed by atoms with Crippen molar-refractivity contribution in [3.05, 3.63) is 23.8 Å². The van der Waals surface area contributed by atoms with Gasteiger partial charge < -0.3 is 18.8 Å². The van der Waals surface area contributed by atoms with Crippen molar-refractivity contribution < 1.29 is 23.6 Å². The van der Waals surface area contributed by atoms with E-state index in [9.17, 15) is 4.79 Å². The Morgan fingerprint density at radius 2 is 1.93 bits per heavy atom. The third-order valence-corrected chi connectivity index (χ3v) is 7.07. The molecule has 4 fully saturated rings. The normalized spacial score (nSPS) is 33.1.